The topological polar surface area (TPSA) is 40.6 Å². The van der Waals surface area contributed by atoms with Gasteiger partial charge in [-0.25, -0.2) is 0 Å². The zero-order valence-electron chi connectivity index (χ0n) is 12.7. The molecule has 0 spiro atoms. The number of rotatable bonds is 3. The maximum atomic E-state index is 12.7. The normalized spacial score (nSPS) is 29.5. The van der Waals surface area contributed by atoms with Crippen LogP contribution in [0.3, 0.4) is 0 Å². The van der Waals surface area contributed by atoms with E-state index in [1.165, 1.54) is 38.5 Å². The first-order valence-electron chi connectivity index (χ1n) is 8.29. The van der Waals surface area contributed by atoms with Crippen LogP contribution < -0.4 is 0 Å². The summed E-state index contributed by atoms with van der Waals surface area (Å²) in [4.78, 5) is 28.6. The van der Waals surface area contributed by atoms with Gasteiger partial charge in [-0.05, 0) is 31.1 Å². The van der Waals surface area contributed by atoms with Crippen LogP contribution in [0.15, 0.2) is 0 Å². The Hall–Kier alpha value is -0.580. The highest BCUT2D eigenvalue weighted by Crippen LogP contribution is 2.38. The molecule has 3 aliphatic rings. The first-order chi connectivity index (χ1) is 10.2. The molecule has 3 fully saturated rings. The summed E-state index contributed by atoms with van der Waals surface area (Å²) in [5.41, 5.74) is 0.174. The molecular weight excluding hydrogens is 332 g/mol. The van der Waals surface area contributed by atoms with E-state index >= 15 is 0 Å². The van der Waals surface area contributed by atoms with Gasteiger partial charge in [-0.15, -0.1) is 0 Å². The number of nitrogens with zero attached hydrogens (tertiary/aromatic N) is 2. The van der Waals surface area contributed by atoms with E-state index in [1.54, 1.807) is 4.90 Å². The van der Waals surface area contributed by atoms with Gasteiger partial charge in [-0.3, -0.25) is 9.59 Å². The average Bonchev–Trinajstić information content (AvgIpc) is 2.87. The van der Waals surface area contributed by atoms with Gasteiger partial charge >= 0.3 is 0 Å². The lowest BCUT2D eigenvalue weighted by Crippen LogP contribution is -2.59. The molecule has 0 aromatic carbocycles. The summed E-state index contributed by atoms with van der Waals surface area (Å²) in [6, 6.07) is -0.163. The van der Waals surface area contributed by atoms with Crippen LogP contribution in [0, 0.1) is 5.41 Å². The molecule has 2 saturated heterocycles. The Bertz CT molecular complexity index is 419. The van der Waals surface area contributed by atoms with Gasteiger partial charge < -0.3 is 9.80 Å². The van der Waals surface area contributed by atoms with Crippen molar-refractivity contribution in [2.45, 2.75) is 57.4 Å². The third-order valence-corrected chi connectivity index (χ3v) is 6.66. The van der Waals surface area contributed by atoms with E-state index in [4.69, 9.17) is 0 Å². The first-order valence-corrected chi connectivity index (χ1v) is 9.42. The second kappa shape index (κ2) is 6.27. The van der Waals surface area contributed by atoms with Crippen LogP contribution in [0.25, 0.3) is 0 Å². The van der Waals surface area contributed by atoms with Gasteiger partial charge in [0.25, 0.3) is 0 Å². The van der Waals surface area contributed by atoms with E-state index in [-0.39, 0.29) is 23.3 Å². The molecule has 0 aromatic heterocycles. The summed E-state index contributed by atoms with van der Waals surface area (Å²) in [7, 11) is 0. The van der Waals surface area contributed by atoms with Crippen LogP contribution in [0.5, 0.6) is 0 Å². The molecule has 0 N–H and O–H groups in total. The van der Waals surface area contributed by atoms with Crippen molar-refractivity contribution in [3.63, 3.8) is 0 Å². The monoisotopic (exact) mass is 356 g/mol. The Morgan fingerprint density at radius 3 is 2.48 bits per heavy atom. The molecule has 3 rings (SSSR count). The Morgan fingerprint density at radius 1 is 1.10 bits per heavy atom. The maximum absolute atomic E-state index is 12.7. The molecule has 4 nitrogen and oxygen atoms in total. The number of carbonyl (C=O) groups is 2. The van der Waals surface area contributed by atoms with Crippen molar-refractivity contribution in [3.05, 3.63) is 0 Å². The standard InChI is InChI=1S/C16H25BrN2O2/c17-11-16(7-3-1-2-4-8-16)12-18-10-14(20)19-9-5-6-13(19)15(18)21/h13H,1-12H2. The molecule has 2 heterocycles. The smallest absolute Gasteiger partial charge is 0.245 e. The minimum atomic E-state index is -0.163. The summed E-state index contributed by atoms with van der Waals surface area (Å²) in [6.45, 7) is 1.82. The lowest BCUT2D eigenvalue weighted by Gasteiger charge is -2.42. The molecule has 21 heavy (non-hydrogen) atoms. The van der Waals surface area contributed by atoms with Crippen molar-refractivity contribution in [3.8, 4) is 0 Å². The molecule has 2 amide bonds. The summed E-state index contributed by atoms with van der Waals surface area (Å²) in [5, 5.41) is 0.937. The van der Waals surface area contributed by atoms with Crippen LogP contribution in [-0.2, 0) is 9.59 Å². The van der Waals surface area contributed by atoms with Crippen LogP contribution in [0.4, 0.5) is 0 Å². The zero-order valence-corrected chi connectivity index (χ0v) is 14.2. The van der Waals surface area contributed by atoms with Gasteiger partial charge in [0.05, 0.1) is 6.54 Å². The van der Waals surface area contributed by atoms with Crippen molar-refractivity contribution >= 4 is 27.7 Å². The third kappa shape index (κ3) is 2.99. The fourth-order valence-electron chi connectivity index (χ4n) is 4.22. The van der Waals surface area contributed by atoms with Crippen LogP contribution >= 0.6 is 15.9 Å². The molecule has 2 aliphatic heterocycles. The Kier molecular flexibility index (Phi) is 4.57. The Balaban J connectivity index is 1.73. The fraction of sp³-hybridized carbons (Fsp3) is 0.875. The highest BCUT2D eigenvalue weighted by molar-refractivity contribution is 9.09. The summed E-state index contributed by atoms with van der Waals surface area (Å²) >= 11 is 3.69. The number of fused-ring (bicyclic) bond motifs is 1. The van der Waals surface area contributed by atoms with E-state index in [0.717, 1.165) is 31.3 Å². The van der Waals surface area contributed by atoms with Gasteiger partial charge in [0.2, 0.25) is 11.8 Å². The van der Waals surface area contributed by atoms with Crippen LogP contribution in [0.2, 0.25) is 0 Å². The fourth-order valence-corrected chi connectivity index (χ4v) is 4.95. The van der Waals surface area contributed by atoms with Gasteiger partial charge in [-0.2, -0.15) is 0 Å². The molecule has 0 bridgehead atoms. The number of alkyl halides is 1. The number of hydrogen-bond donors (Lipinski definition) is 0. The minimum Gasteiger partial charge on any atom is -0.331 e. The maximum Gasteiger partial charge on any atom is 0.245 e. The van der Waals surface area contributed by atoms with Crippen molar-refractivity contribution < 1.29 is 9.59 Å². The summed E-state index contributed by atoms with van der Waals surface area (Å²) in [5.74, 6) is 0.340. The second-order valence-corrected chi connectivity index (χ2v) is 7.55. The van der Waals surface area contributed by atoms with Crippen molar-refractivity contribution in [2.24, 2.45) is 5.41 Å². The molecule has 118 valence electrons. The highest BCUT2D eigenvalue weighted by Gasteiger charge is 2.44. The molecule has 1 atom stereocenters. The second-order valence-electron chi connectivity index (χ2n) is 6.99. The number of piperazine rings is 1. The Labute approximate surface area is 135 Å². The first kappa shape index (κ1) is 15.3. The molecule has 0 radical (unpaired) electrons. The summed E-state index contributed by atoms with van der Waals surface area (Å²) < 4.78 is 0. The SMILES string of the molecule is O=C1C2CCCN2C(=O)CN1CC1(CBr)CCCCCC1. The number of amides is 2. The molecule has 0 aromatic rings. The quantitative estimate of drug-likeness (QED) is 0.575. The predicted molar refractivity (Wildman–Crippen MR) is 85.2 cm³/mol. The van der Waals surface area contributed by atoms with E-state index in [1.807, 2.05) is 4.90 Å². The van der Waals surface area contributed by atoms with Crippen molar-refractivity contribution in [1.82, 2.24) is 9.80 Å². The number of carbonyl (C=O) groups excluding carboxylic acids is 2. The minimum absolute atomic E-state index is 0.149. The lowest BCUT2D eigenvalue weighted by atomic mass is 9.81. The van der Waals surface area contributed by atoms with E-state index < -0.39 is 0 Å². The summed E-state index contributed by atoms with van der Waals surface area (Å²) in [6.07, 6.45) is 9.27. The largest absolute Gasteiger partial charge is 0.331 e. The van der Waals surface area contributed by atoms with Gasteiger partial charge in [0, 0.05) is 18.4 Å². The average molecular weight is 357 g/mol. The van der Waals surface area contributed by atoms with Crippen molar-refractivity contribution in [2.75, 3.05) is 25.0 Å². The lowest BCUT2D eigenvalue weighted by molar-refractivity contribution is -0.155. The van der Waals surface area contributed by atoms with Gasteiger partial charge in [-0.1, -0.05) is 41.6 Å². The van der Waals surface area contributed by atoms with E-state index in [0.29, 0.717) is 6.54 Å². The molecule has 1 saturated carbocycles. The number of hydrogen-bond acceptors (Lipinski definition) is 2. The molecular formula is C16H25BrN2O2. The van der Waals surface area contributed by atoms with Gasteiger partial charge in [0.15, 0.2) is 0 Å². The zero-order chi connectivity index (χ0) is 14.9. The third-order valence-electron chi connectivity index (χ3n) is 5.47. The number of halogens is 1. The molecule has 1 aliphatic carbocycles. The Morgan fingerprint density at radius 2 is 1.81 bits per heavy atom. The van der Waals surface area contributed by atoms with Crippen molar-refractivity contribution in [1.29, 1.82) is 0 Å². The molecule has 5 heteroatoms. The van der Waals surface area contributed by atoms with Crippen LogP contribution in [0.1, 0.15) is 51.4 Å². The predicted octanol–water partition coefficient (Wildman–Crippen LogP) is 2.56. The van der Waals surface area contributed by atoms with Gasteiger partial charge in [0.1, 0.15) is 6.04 Å². The van der Waals surface area contributed by atoms with E-state index in [9.17, 15) is 9.59 Å². The van der Waals surface area contributed by atoms with E-state index in [2.05, 4.69) is 15.9 Å². The molecule has 1 unspecified atom stereocenters. The highest BCUT2D eigenvalue weighted by atomic mass is 79.9. The van der Waals surface area contributed by atoms with Crippen LogP contribution in [-0.4, -0.2) is 52.6 Å².